The smallest absolute Gasteiger partial charge is 0.305 e. The van der Waals surface area contributed by atoms with Crippen LogP contribution in [0.1, 0.15) is 30.9 Å². The summed E-state index contributed by atoms with van der Waals surface area (Å²) in [4.78, 5) is 11.3. The Kier molecular flexibility index (Phi) is 9.82. The summed E-state index contributed by atoms with van der Waals surface area (Å²) in [5.74, 6) is 0.637. The van der Waals surface area contributed by atoms with Gasteiger partial charge in [-0.25, -0.2) is 5.43 Å². The monoisotopic (exact) mass is 401 g/mol. The molecule has 0 aliphatic heterocycles. The number of carbonyl (C=O) groups is 1. The topological polar surface area (TPSA) is 71.6 Å². The van der Waals surface area contributed by atoms with Gasteiger partial charge >= 0.3 is 5.97 Å². The Morgan fingerprint density at radius 2 is 1.86 bits per heavy atom. The van der Waals surface area contributed by atoms with Crippen molar-refractivity contribution in [1.82, 2.24) is 16.2 Å². The first-order chi connectivity index (χ1) is 13.7. The minimum atomic E-state index is -0.185. The summed E-state index contributed by atoms with van der Waals surface area (Å²) in [6.07, 6.45) is 1.05. The molecule has 0 aliphatic rings. The van der Waals surface area contributed by atoms with Crippen LogP contribution in [0.3, 0.4) is 0 Å². The maximum Gasteiger partial charge on any atom is 0.305 e. The van der Waals surface area contributed by atoms with Crippen LogP contribution in [-0.4, -0.2) is 24.2 Å². The minimum absolute atomic E-state index is 0.185. The summed E-state index contributed by atoms with van der Waals surface area (Å²) in [5.41, 5.74) is 8.21. The second-order valence-corrected chi connectivity index (χ2v) is 6.47. The molecule has 0 amide bonds. The van der Waals surface area contributed by atoms with Crippen LogP contribution in [0.5, 0.6) is 5.75 Å². The molecule has 0 aromatic heterocycles. The number of hydrogen-bond acceptors (Lipinski definition) is 5. The molecule has 0 saturated carbocycles. The highest BCUT2D eigenvalue weighted by Gasteiger charge is 2.02. The zero-order valence-corrected chi connectivity index (χ0v) is 16.9. The van der Waals surface area contributed by atoms with Crippen molar-refractivity contribution in [3.8, 4) is 5.75 Å². The van der Waals surface area contributed by atoms with E-state index in [0.29, 0.717) is 44.3 Å². The van der Waals surface area contributed by atoms with Crippen LogP contribution in [0.2, 0.25) is 0 Å². The predicted octanol–water partition coefficient (Wildman–Crippen LogP) is 3.08. The fourth-order valence-electron chi connectivity index (χ4n) is 2.42. The van der Waals surface area contributed by atoms with E-state index in [0.717, 1.165) is 16.9 Å². The third-order valence-corrected chi connectivity index (χ3v) is 4.04. The van der Waals surface area contributed by atoms with Crippen LogP contribution >= 0.6 is 12.2 Å². The average molecular weight is 402 g/mol. The molecule has 2 aromatic rings. The summed E-state index contributed by atoms with van der Waals surface area (Å²) >= 11 is 5.20. The second-order valence-electron chi connectivity index (χ2n) is 6.06. The van der Waals surface area contributed by atoms with Crippen molar-refractivity contribution in [3.63, 3.8) is 0 Å². The number of carbonyl (C=O) groups excluding carboxylic acids is 1. The number of hydrogen-bond donors (Lipinski definition) is 3. The van der Waals surface area contributed by atoms with E-state index in [4.69, 9.17) is 21.7 Å². The highest BCUT2D eigenvalue weighted by molar-refractivity contribution is 7.80. The van der Waals surface area contributed by atoms with E-state index >= 15 is 0 Å². The Morgan fingerprint density at radius 3 is 2.64 bits per heavy atom. The maximum absolute atomic E-state index is 11.3. The molecule has 2 aromatic carbocycles. The molecule has 0 radical (unpaired) electrons. The molecule has 0 saturated heterocycles. The molecule has 0 bridgehead atoms. The summed E-state index contributed by atoms with van der Waals surface area (Å²) in [6.45, 7) is 3.94. The molecule has 0 unspecified atom stereocenters. The molecule has 3 N–H and O–H groups in total. The van der Waals surface area contributed by atoms with Crippen LogP contribution < -0.4 is 20.9 Å². The first-order valence-electron chi connectivity index (χ1n) is 9.35. The van der Waals surface area contributed by atoms with Gasteiger partial charge in [-0.3, -0.25) is 10.2 Å². The number of benzene rings is 2. The van der Waals surface area contributed by atoms with E-state index in [1.165, 1.54) is 0 Å². The van der Waals surface area contributed by atoms with Gasteiger partial charge in [0.25, 0.3) is 0 Å². The van der Waals surface area contributed by atoms with Gasteiger partial charge in [0.05, 0.1) is 6.61 Å². The molecular weight excluding hydrogens is 374 g/mol. The van der Waals surface area contributed by atoms with Crippen LogP contribution in [0.15, 0.2) is 54.6 Å². The van der Waals surface area contributed by atoms with E-state index in [1.54, 1.807) is 6.92 Å². The van der Waals surface area contributed by atoms with Gasteiger partial charge in [-0.1, -0.05) is 42.5 Å². The lowest BCUT2D eigenvalue weighted by Crippen LogP contribution is -2.43. The van der Waals surface area contributed by atoms with Gasteiger partial charge in [0.2, 0.25) is 0 Å². The summed E-state index contributed by atoms with van der Waals surface area (Å²) in [7, 11) is 0. The molecular formula is C21H27N3O3S. The lowest BCUT2D eigenvalue weighted by molar-refractivity contribution is -0.143. The van der Waals surface area contributed by atoms with Gasteiger partial charge in [-0.05, 0) is 48.8 Å². The number of rotatable bonds is 11. The van der Waals surface area contributed by atoms with Crippen LogP contribution in [0, 0.1) is 0 Å². The van der Waals surface area contributed by atoms with Crippen molar-refractivity contribution in [2.24, 2.45) is 0 Å². The summed E-state index contributed by atoms with van der Waals surface area (Å²) < 4.78 is 10.7. The molecule has 7 heteroatoms. The molecule has 2 rings (SSSR count). The Hall–Kier alpha value is -2.64. The number of esters is 1. The quantitative estimate of drug-likeness (QED) is 0.231. The summed E-state index contributed by atoms with van der Waals surface area (Å²) in [6, 6.07) is 18.0. The molecule has 0 spiro atoms. The number of ether oxygens (including phenoxy) is 2. The molecule has 6 nitrogen and oxygen atoms in total. The van der Waals surface area contributed by atoms with E-state index in [1.807, 2.05) is 54.6 Å². The van der Waals surface area contributed by atoms with E-state index < -0.39 is 0 Å². The van der Waals surface area contributed by atoms with Crippen molar-refractivity contribution in [3.05, 3.63) is 65.7 Å². The normalized spacial score (nSPS) is 10.2. The average Bonchev–Trinajstić information content (AvgIpc) is 2.71. The van der Waals surface area contributed by atoms with Gasteiger partial charge in [-0.15, -0.1) is 0 Å². The van der Waals surface area contributed by atoms with Crippen LogP contribution in [0.25, 0.3) is 0 Å². The first-order valence-corrected chi connectivity index (χ1v) is 9.76. The first kappa shape index (κ1) is 21.7. The van der Waals surface area contributed by atoms with Gasteiger partial charge < -0.3 is 14.8 Å². The van der Waals surface area contributed by atoms with Gasteiger partial charge in [0.15, 0.2) is 5.11 Å². The molecule has 0 fully saturated rings. The van der Waals surface area contributed by atoms with E-state index in [2.05, 4.69) is 16.2 Å². The molecule has 0 aliphatic carbocycles. The predicted molar refractivity (Wildman–Crippen MR) is 114 cm³/mol. The van der Waals surface area contributed by atoms with Crippen molar-refractivity contribution in [2.75, 3.05) is 13.2 Å². The van der Waals surface area contributed by atoms with Crippen molar-refractivity contribution in [1.29, 1.82) is 0 Å². The zero-order valence-electron chi connectivity index (χ0n) is 16.1. The SMILES string of the molecule is CCOC(=O)CCCNC(=S)NNCc1cccc(OCc2ccccc2)c1. The zero-order chi connectivity index (χ0) is 20.0. The molecule has 0 atom stereocenters. The Balaban J connectivity index is 1.63. The van der Waals surface area contributed by atoms with E-state index in [-0.39, 0.29) is 5.97 Å². The van der Waals surface area contributed by atoms with Crippen LogP contribution in [-0.2, 0) is 22.7 Å². The fraction of sp³-hybridized carbons (Fsp3) is 0.333. The molecule has 150 valence electrons. The third kappa shape index (κ3) is 8.83. The van der Waals surface area contributed by atoms with E-state index in [9.17, 15) is 4.79 Å². The largest absolute Gasteiger partial charge is 0.489 e. The molecule has 0 heterocycles. The highest BCUT2D eigenvalue weighted by Crippen LogP contribution is 2.15. The van der Waals surface area contributed by atoms with Gasteiger partial charge in [0.1, 0.15) is 12.4 Å². The minimum Gasteiger partial charge on any atom is -0.489 e. The van der Waals surface area contributed by atoms with Gasteiger partial charge in [-0.2, -0.15) is 0 Å². The molecule has 28 heavy (non-hydrogen) atoms. The number of hydrazine groups is 1. The van der Waals surface area contributed by atoms with Crippen molar-refractivity contribution in [2.45, 2.75) is 32.9 Å². The van der Waals surface area contributed by atoms with Crippen LogP contribution in [0.4, 0.5) is 0 Å². The Morgan fingerprint density at radius 1 is 1.07 bits per heavy atom. The Labute approximate surface area is 171 Å². The highest BCUT2D eigenvalue weighted by atomic mass is 32.1. The number of thiocarbonyl (C=S) groups is 1. The summed E-state index contributed by atoms with van der Waals surface area (Å²) in [5, 5.41) is 3.53. The second kappa shape index (κ2) is 12.7. The standard InChI is InChI=1S/C21H27N3O3S/c1-2-26-20(25)12-7-13-22-21(28)24-23-15-18-10-6-11-19(14-18)27-16-17-8-4-3-5-9-17/h3-6,8-11,14,23H,2,7,12-13,15-16H2,1H3,(H2,22,24,28). The lowest BCUT2D eigenvalue weighted by atomic mass is 10.2. The van der Waals surface area contributed by atoms with Crippen molar-refractivity contribution >= 4 is 23.3 Å². The maximum atomic E-state index is 11.3. The number of nitrogens with one attached hydrogen (secondary N) is 3. The van der Waals surface area contributed by atoms with Gasteiger partial charge in [0, 0.05) is 19.5 Å². The lowest BCUT2D eigenvalue weighted by Gasteiger charge is -2.12. The van der Waals surface area contributed by atoms with Crippen molar-refractivity contribution < 1.29 is 14.3 Å². The Bertz CT molecular complexity index is 741. The fourth-order valence-corrected chi connectivity index (χ4v) is 2.60. The third-order valence-electron chi connectivity index (χ3n) is 3.79.